The van der Waals surface area contributed by atoms with Gasteiger partial charge in [0.1, 0.15) is 11.6 Å². The Morgan fingerprint density at radius 1 is 1.35 bits per heavy atom. The Morgan fingerprint density at radius 3 is 2.65 bits per heavy atom. The number of aryl methyl sites for hydroxylation is 1. The summed E-state index contributed by atoms with van der Waals surface area (Å²) in [5.74, 6) is 1.19. The summed E-state index contributed by atoms with van der Waals surface area (Å²) in [4.78, 5) is 16.1. The average molecular weight is 271 g/mol. The number of nitrogens with two attached hydrogens (primary N) is 1. The topological polar surface area (TPSA) is 77.2 Å². The molecule has 0 fully saturated rings. The van der Waals surface area contributed by atoms with Crippen molar-refractivity contribution in [3.05, 3.63) is 47.7 Å². The lowest BCUT2D eigenvalue weighted by atomic mass is 10.1. The van der Waals surface area contributed by atoms with Gasteiger partial charge in [-0.15, -0.1) is 0 Å². The van der Waals surface area contributed by atoms with E-state index in [9.17, 15) is 4.79 Å². The second-order valence-corrected chi connectivity index (χ2v) is 4.51. The maximum absolute atomic E-state index is 12.0. The van der Waals surface area contributed by atoms with Gasteiger partial charge in [-0.3, -0.25) is 4.79 Å². The SMILES string of the molecule is COc1ccc(CC(=O)Nc2ncc(N)cc2C)cc1. The third-order valence-electron chi connectivity index (χ3n) is 2.88. The minimum atomic E-state index is -0.115. The minimum absolute atomic E-state index is 0.115. The molecule has 1 aromatic heterocycles. The van der Waals surface area contributed by atoms with Crippen LogP contribution in [0.2, 0.25) is 0 Å². The van der Waals surface area contributed by atoms with E-state index in [0.29, 0.717) is 11.5 Å². The number of anilines is 2. The van der Waals surface area contributed by atoms with E-state index in [1.54, 1.807) is 13.2 Å². The summed E-state index contributed by atoms with van der Waals surface area (Å²) in [5, 5.41) is 2.78. The predicted octanol–water partition coefficient (Wildman–Crippen LogP) is 2.16. The van der Waals surface area contributed by atoms with E-state index in [1.807, 2.05) is 31.2 Å². The molecule has 0 spiro atoms. The van der Waals surface area contributed by atoms with Gasteiger partial charge in [0.2, 0.25) is 5.91 Å². The highest BCUT2D eigenvalue weighted by atomic mass is 16.5. The van der Waals surface area contributed by atoms with E-state index in [4.69, 9.17) is 10.5 Å². The Balaban J connectivity index is 2.01. The first-order valence-electron chi connectivity index (χ1n) is 6.23. The number of rotatable bonds is 4. The van der Waals surface area contributed by atoms with Gasteiger partial charge < -0.3 is 15.8 Å². The maximum atomic E-state index is 12.0. The molecule has 0 saturated heterocycles. The van der Waals surface area contributed by atoms with Crippen molar-refractivity contribution in [2.75, 3.05) is 18.2 Å². The summed E-state index contributed by atoms with van der Waals surface area (Å²) in [5.41, 5.74) is 7.96. The molecule has 2 rings (SSSR count). The molecule has 1 amide bonds. The summed E-state index contributed by atoms with van der Waals surface area (Å²) < 4.78 is 5.07. The van der Waals surface area contributed by atoms with E-state index in [0.717, 1.165) is 16.9 Å². The molecule has 5 nitrogen and oxygen atoms in total. The smallest absolute Gasteiger partial charge is 0.229 e. The minimum Gasteiger partial charge on any atom is -0.497 e. The number of pyridine rings is 1. The zero-order valence-electron chi connectivity index (χ0n) is 11.5. The van der Waals surface area contributed by atoms with Crippen molar-refractivity contribution in [3.63, 3.8) is 0 Å². The molecule has 0 aliphatic rings. The lowest BCUT2D eigenvalue weighted by molar-refractivity contribution is -0.115. The second kappa shape index (κ2) is 6.06. The molecule has 3 N–H and O–H groups in total. The van der Waals surface area contributed by atoms with Gasteiger partial charge >= 0.3 is 0 Å². The number of nitrogens with zero attached hydrogens (tertiary/aromatic N) is 1. The van der Waals surface area contributed by atoms with Crippen LogP contribution in [0.5, 0.6) is 5.75 Å². The molecule has 0 radical (unpaired) electrons. The summed E-state index contributed by atoms with van der Waals surface area (Å²) in [6, 6.07) is 9.16. The number of ether oxygens (including phenoxy) is 1. The van der Waals surface area contributed by atoms with Gasteiger partial charge in [0.25, 0.3) is 0 Å². The van der Waals surface area contributed by atoms with Gasteiger partial charge in [0.15, 0.2) is 0 Å². The Kier molecular flexibility index (Phi) is 4.20. The third kappa shape index (κ3) is 3.47. The summed E-state index contributed by atoms with van der Waals surface area (Å²) in [7, 11) is 1.61. The molecule has 1 heterocycles. The molecule has 104 valence electrons. The molecule has 0 atom stereocenters. The van der Waals surface area contributed by atoms with Crippen LogP contribution in [0.3, 0.4) is 0 Å². The van der Waals surface area contributed by atoms with E-state index in [-0.39, 0.29) is 12.3 Å². The van der Waals surface area contributed by atoms with Crippen LogP contribution in [0.15, 0.2) is 36.5 Å². The van der Waals surface area contributed by atoms with E-state index in [2.05, 4.69) is 10.3 Å². The van der Waals surface area contributed by atoms with Gasteiger partial charge in [-0.25, -0.2) is 4.98 Å². The second-order valence-electron chi connectivity index (χ2n) is 4.51. The Morgan fingerprint density at radius 2 is 2.05 bits per heavy atom. The number of carbonyl (C=O) groups is 1. The number of benzene rings is 1. The van der Waals surface area contributed by atoms with Gasteiger partial charge in [-0.1, -0.05) is 12.1 Å². The summed E-state index contributed by atoms with van der Waals surface area (Å²) in [6.07, 6.45) is 1.81. The molecular formula is C15H17N3O2. The third-order valence-corrected chi connectivity index (χ3v) is 2.88. The Labute approximate surface area is 117 Å². The normalized spacial score (nSPS) is 10.1. The van der Waals surface area contributed by atoms with Crippen molar-refractivity contribution in [1.82, 2.24) is 4.98 Å². The molecule has 0 saturated carbocycles. The fraction of sp³-hybridized carbons (Fsp3) is 0.200. The molecule has 0 aliphatic heterocycles. The van der Waals surface area contributed by atoms with Crippen molar-refractivity contribution >= 4 is 17.4 Å². The van der Waals surface area contributed by atoms with Crippen molar-refractivity contribution in [3.8, 4) is 5.75 Å². The predicted molar refractivity (Wildman–Crippen MR) is 78.7 cm³/mol. The van der Waals surface area contributed by atoms with Crippen molar-refractivity contribution < 1.29 is 9.53 Å². The highest BCUT2D eigenvalue weighted by molar-refractivity contribution is 5.92. The van der Waals surface area contributed by atoms with Crippen LogP contribution in [0, 0.1) is 6.92 Å². The van der Waals surface area contributed by atoms with E-state index in [1.165, 1.54) is 6.20 Å². The van der Waals surface area contributed by atoms with Gasteiger partial charge in [-0.2, -0.15) is 0 Å². The number of hydrogen-bond acceptors (Lipinski definition) is 4. The quantitative estimate of drug-likeness (QED) is 0.893. The highest BCUT2D eigenvalue weighted by Crippen LogP contribution is 2.15. The molecule has 1 aromatic carbocycles. The van der Waals surface area contributed by atoms with Crippen LogP contribution in [0.25, 0.3) is 0 Å². The lowest BCUT2D eigenvalue weighted by Crippen LogP contribution is -2.16. The average Bonchev–Trinajstić information content (AvgIpc) is 2.43. The first-order valence-corrected chi connectivity index (χ1v) is 6.23. The molecule has 0 unspecified atom stereocenters. The standard InChI is InChI=1S/C15H17N3O2/c1-10-7-12(16)9-17-15(10)18-14(19)8-11-3-5-13(20-2)6-4-11/h3-7,9H,8,16H2,1-2H3,(H,17,18,19). The first kappa shape index (κ1) is 13.9. The van der Waals surface area contributed by atoms with Crippen LogP contribution in [0.1, 0.15) is 11.1 Å². The van der Waals surface area contributed by atoms with Crippen molar-refractivity contribution in [1.29, 1.82) is 0 Å². The van der Waals surface area contributed by atoms with Crippen molar-refractivity contribution in [2.24, 2.45) is 0 Å². The Hall–Kier alpha value is -2.56. The number of hydrogen-bond donors (Lipinski definition) is 2. The molecular weight excluding hydrogens is 254 g/mol. The summed E-state index contributed by atoms with van der Waals surface area (Å²) in [6.45, 7) is 1.85. The monoisotopic (exact) mass is 271 g/mol. The van der Waals surface area contributed by atoms with Crippen LogP contribution in [-0.4, -0.2) is 18.0 Å². The Bertz CT molecular complexity index is 609. The number of aromatic nitrogens is 1. The first-order chi connectivity index (χ1) is 9.58. The summed E-state index contributed by atoms with van der Waals surface area (Å²) >= 11 is 0. The fourth-order valence-corrected chi connectivity index (χ4v) is 1.83. The van der Waals surface area contributed by atoms with Crippen molar-refractivity contribution in [2.45, 2.75) is 13.3 Å². The van der Waals surface area contributed by atoms with Crippen LogP contribution >= 0.6 is 0 Å². The fourth-order valence-electron chi connectivity index (χ4n) is 1.83. The number of amides is 1. The molecule has 20 heavy (non-hydrogen) atoms. The zero-order valence-corrected chi connectivity index (χ0v) is 11.5. The maximum Gasteiger partial charge on any atom is 0.229 e. The molecule has 2 aromatic rings. The number of nitrogens with one attached hydrogen (secondary N) is 1. The molecule has 0 bridgehead atoms. The van der Waals surface area contributed by atoms with Crippen LogP contribution in [-0.2, 0) is 11.2 Å². The largest absolute Gasteiger partial charge is 0.497 e. The zero-order chi connectivity index (χ0) is 14.5. The van der Waals surface area contributed by atoms with Crippen LogP contribution < -0.4 is 15.8 Å². The number of nitrogen functional groups attached to an aromatic ring is 1. The van der Waals surface area contributed by atoms with Crippen LogP contribution in [0.4, 0.5) is 11.5 Å². The van der Waals surface area contributed by atoms with E-state index >= 15 is 0 Å². The van der Waals surface area contributed by atoms with Gasteiger partial charge in [0.05, 0.1) is 25.4 Å². The van der Waals surface area contributed by atoms with Gasteiger partial charge in [-0.05, 0) is 36.2 Å². The van der Waals surface area contributed by atoms with E-state index < -0.39 is 0 Å². The van der Waals surface area contributed by atoms with Gasteiger partial charge in [0, 0.05) is 0 Å². The highest BCUT2D eigenvalue weighted by Gasteiger charge is 2.07. The molecule has 5 heteroatoms. The molecule has 0 aliphatic carbocycles. The number of methoxy groups -OCH3 is 1. The number of carbonyl (C=O) groups excluding carboxylic acids is 1. The lowest BCUT2D eigenvalue weighted by Gasteiger charge is -2.08.